The van der Waals surface area contributed by atoms with Gasteiger partial charge in [0.05, 0.1) is 0 Å². The Morgan fingerprint density at radius 2 is 1.32 bits per heavy atom. The molecule has 3 heteroatoms. The van der Waals surface area contributed by atoms with Gasteiger partial charge in [0.15, 0.2) is 11.6 Å². The van der Waals surface area contributed by atoms with Crippen LogP contribution in [0.1, 0.15) is 0 Å². The van der Waals surface area contributed by atoms with Crippen molar-refractivity contribution in [2.24, 2.45) is 0 Å². The molecule has 0 saturated heterocycles. The van der Waals surface area contributed by atoms with Crippen LogP contribution in [-0.4, -0.2) is 0 Å². The number of hydrogen-bond acceptors (Lipinski definition) is 0. The molecule has 0 fully saturated rings. The lowest BCUT2D eigenvalue weighted by Crippen LogP contribution is -1.92. The third-order valence-electron chi connectivity index (χ3n) is 3.11. The predicted octanol–water partition coefficient (Wildman–Crippen LogP) is 4.92. The molecule has 3 rings (SSSR count). The van der Waals surface area contributed by atoms with E-state index in [-0.39, 0.29) is 11.1 Å². The number of halogens is 3. The van der Waals surface area contributed by atoms with E-state index in [2.05, 4.69) is 0 Å². The minimum absolute atomic E-state index is 0.0655. The predicted molar refractivity (Wildman–Crippen MR) is 69.3 cm³/mol. The van der Waals surface area contributed by atoms with E-state index in [1.807, 2.05) is 0 Å². The van der Waals surface area contributed by atoms with Gasteiger partial charge in [0.2, 0.25) is 0 Å². The molecule has 0 aliphatic heterocycles. The van der Waals surface area contributed by atoms with Crippen molar-refractivity contribution in [3.63, 3.8) is 0 Å². The summed E-state index contributed by atoms with van der Waals surface area (Å²) in [5.41, 5.74) is -0.000969. The highest BCUT2D eigenvalue weighted by Crippen LogP contribution is 2.31. The van der Waals surface area contributed by atoms with Gasteiger partial charge in [0, 0.05) is 16.5 Å². The smallest absolute Gasteiger partial charge is 0.166 e. The van der Waals surface area contributed by atoms with Crippen molar-refractivity contribution >= 4 is 10.8 Å². The van der Waals surface area contributed by atoms with Crippen LogP contribution in [0.5, 0.6) is 0 Å². The van der Waals surface area contributed by atoms with E-state index in [0.29, 0.717) is 5.39 Å². The fourth-order valence-electron chi connectivity index (χ4n) is 2.15. The summed E-state index contributed by atoms with van der Waals surface area (Å²) >= 11 is 0. The van der Waals surface area contributed by atoms with E-state index in [4.69, 9.17) is 0 Å². The number of hydrogen-bond donors (Lipinski definition) is 0. The zero-order chi connectivity index (χ0) is 13.4. The minimum atomic E-state index is -1.03. The second-order valence-corrected chi connectivity index (χ2v) is 4.25. The zero-order valence-corrected chi connectivity index (χ0v) is 9.83. The van der Waals surface area contributed by atoms with Gasteiger partial charge in [-0.1, -0.05) is 48.5 Å². The summed E-state index contributed by atoms with van der Waals surface area (Å²) in [6, 6.07) is 13.8. The summed E-state index contributed by atoms with van der Waals surface area (Å²) in [5.74, 6) is -2.55. The average molecular weight is 258 g/mol. The number of fused-ring (bicyclic) bond motifs is 1. The Bertz CT molecular complexity index is 763. The summed E-state index contributed by atoms with van der Waals surface area (Å²) in [6.45, 7) is 0. The van der Waals surface area contributed by atoms with E-state index in [0.717, 1.165) is 11.5 Å². The standard InChI is InChI=1S/C16H9F3/c17-14-7-3-6-12(16(14)19)13-9-8-10-4-1-2-5-11(10)15(13)18/h1-9H. The van der Waals surface area contributed by atoms with E-state index in [1.165, 1.54) is 18.2 Å². The summed E-state index contributed by atoms with van der Waals surface area (Å²) in [5, 5.41) is 1.12. The van der Waals surface area contributed by atoms with E-state index in [1.54, 1.807) is 30.3 Å². The van der Waals surface area contributed by atoms with Gasteiger partial charge in [-0.25, -0.2) is 13.2 Å². The molecule has 0 nitrogen and oxygen atoms in total. The van der Waals surface area contributed by atoms with Crippen LogP contribution in [0.4, 0.5) is 13.2 Å². The van der Waals surface area contributed by atoms with Crippen LogP contribution in [0.15, 0.2) is 54.6 Å². The Balaban J connectivity index is 2.31. The molecule has 0 aliphatic carbocycles. The van der Waals surface area contributed by atoms with Crippen molar-refractivity contribution in [1.29, 1.82) is 0 Å². The second-order valence-electron chi connectivity index (χ2n) is 4.25. The molecular formula is C16H9F3. The van der Waals surface area contributed by atoms with Gasteiger partial charge in [-0.2, -0.15) is 0 Å². The van der Waals surface area contributed by atoms with Gasteiger partial charge in [-0.05, 0) is 11.5 Å². The van der Waals surface area contributed by atoms with Crippen LogP contribution < -0.4 is 0 Å². The van der Waals surface area contributed by atoms with Crippen molar-refractivity contribution in [1.82, 2.24) is 0 Å². The van der Waals surface area contributed by atoms with E-state index < -0.39 is 17.5 Å². The summed E-state index contributed by atoms with van der Waals surface area (Å²) in [6.07, 6.45) is 0. The Morgan fingerprint density at radius 3 is 2.16 bits per heavy atom. The van der Waals surface area contributed by atoms with Crippen LogP contribution in [0.2, 0.25) is 0 Å². The Morgan fingerprint density at radius 1 is 0.579 bits per heavy atom. The van der Waals surface area contributed by atoms with Crippen LogP contribution in [0, 0.1) is 17.5 Å². The Labute approximate surface area is 108 Å². The third-order valence-corrected chi connectivity index (χ3v) is 3.11. The Kier molecular flexibility index (Phi) is 2.75. The van der Waals surface area contributed by atoms with Gasteiger partial charge in [0.1, 0.15) is 5.82 Å². The van der Waals surface area contributed by atoms with Crippen molar-refractivity contribution < 1.29 is 13.2 Å². The molecule has 0 aliphatic rings. The number of rotatable bonds is 1. The molecular weight excluding hydrogens is 249 g/mol. The maximum atomic E-state index is 14.4. The molecule has 94 valence electrons. The van der Waals surface area contributed by atoms with Crippen LogP contribution in [0.25, 0.3) is 21.9 Å². The molecule has 0 N–H and O–H groups in total. The highest BCUT2D eigenvalue weighted by Gasteiger charge is 2.14. The summed E-state index contributed by atoms with van der Waals surface area (Å²) in [4.78, 5) is 0. The van der Waals surface area contributed by atoms with Gasteiger partial charge < -0.3 is 0 Å². The molecule has 19 heavy (non-hydrogen) atoms. The third kappa shape index (κ3) is 1.87. The van der Waals surface area contributed by atoms with Crippen LogP contribution >= 0.6 is 0 Å². The van der Waals surface area contributed by atoms with Crippen molar-refractivity contribution in [3.05, 3.63) is 72.0 Å². The molecule has 0 saturated carbocycles. The molecule has 0 heterocycles. The van der Waals surface area contributed by atoms with Crippen LogP contribution in [-0.2, 0) is 0 Å². The summed E-state index contributed by atoms with van der Waals surface area (Å²) < 4.78 is 41.3. The van der Waals surface area contributed by atoms with Gasteiger partial charge in [-0.3, -0.25) is 0 Å². The second kappa shape index (κ2) is 4.43. The molecule has 0 radical (unpaired) electrons. The lowest BCUT2D eigenvalue weighted by molar-refractivity contribution is 0.510. The topological polar surface area (TPSA) is 0 Å². The largest absolute Gasteiger partial charge is 0.206 e. The van der Waals surface area contributed by atoms with Gasteiger partial charge >= 0.3 is 0 Å². The monoisotopic (exact) mass is 258 g/mol. The fourth-order valence-corrected chi connectivity index (χ4v) is 2.15. The molecule has 3 aromatic rings. The molecule has 0 aromatic heterocycles. The Hall–Kier alpha value is -2.29. The zero-order valence-electron chi connectivity index (χ0n) is 9.83. The van der Waals surface area contributed by atoms with E-state index >= 15 is 0 Å². The first-order valence-electron chi connectivity index (χ1n) is 5.80. The summed E-state index contributed by atoms with van der Waals surface area (Å²) in [7, 11) is 0. The first kappa shape index (κ1) is 11.8. The first-order valence-corrected chi connectivity index (χ1v) is 5.80. The first-order chi connectivity index (χ1) is 9.18. The highest BCUT2D eigenvalue weighted by molar-refractivity contribution is 5.88. The maximum absolute atomic E-state index is 14.4. The van der Waals surface area contributed by atoms with Crippen molar-refractivity contribution in [2.45, 2.75) is 0 Å². The number of benzene rings is 3. The lowest BCUT2D eigenvalue weighted by atomic mass is 10.00. The SMILES string of the molecule is Fc1cccc(-c2ccc3ccccc3c2F)c1F. The fraction of sp³-hybridized carbons (Fsp3) is 0. The van der Waals surface area contributed by atoms with Crippen LogP contribution in [0.3, 0.4) is 0 Å². The quantitative estimate of drug-likeness (QED) is 0.581. The lowest BCUT2D eigenvalue weighted by Gasteiger charge is -2.08. The molecule has 0 amide bonds. The molecule has 3 aromatic carbocycles. The normalized spacial score (nSPS) is 10.9. The maximum Gasteiger partial charge on any atom is 0.166 e. The molecule has 0 bridgehead atoms. The molecule has 0 spiro atoms. The van der Waals surface area contributed by atoms with Gasteiger partial charge in [0.25, 0.3) is 0 Å². The molecule has 0 atom stereocenters. The highest BCUT2D eigenvalue weighted by atomic mass is 19.2. The van der Waals surface area contributed by atoms with Crippen molar-refractivity contribution in [3.8, 4) is 11.1 Å². The van der Waals surface area contributed by atoms with Gasteiger partial charge in [-0.15, -0.1) is 0 Å². The van der Waals surface area contributed by atoms with E-state index in [9.17, 15) is 13.2 Å². The minimum Gasteiger partial charge on any atom is -0.206 e. The molecule has 0 unspecified atom stereocenters. The van der Waals surface area contributed by atoms with Crippen molar-refractivity contribution in [2.75, 3.05) is 0 Å². The average Bonchev–Trinajstić information content (AvgIpc) is 2.43.